The van der Waals surface area contributed by atoms with Gasteiger partial charge in [0.25, 0.3) is 11.7 Å². The molecule has 0 spiro atoms. The Hall–Kier alpha value is -4.51. The van der Waals surface area contributed by atoms with Gasteiger partial charge in [-0.2, -0.15) is 0 Å². The van der Waals surface area contributed by atoms with E-state index >= 15 is 0 Å². The van der Waals surface area contributed by atoms with Crippen molar-refractivity contribution in [3.8, 4) is 23.0 Å². The average molecular weight is 666 g/mol. The SMILES string of the molecule is CO[C@H]1/C=C/O[C@@]2(C)Oc3c(C)c(O)c4c(O)c(cc(O)c4c3C2=O)NC(=O)/C(C)=C\C=C\[C@H](C)C[C@@H](C)C[C@@H](C)[C@H](OC(C)=O)[C@@H]1C. The lowest BCUT2D eigenvalue weighted by molar-refractivity contribution is -0.155. The van der Waals surface area contributed by atoms with Crippen molar-refractivity contribution in [2.45, 2.75) is 86.2 Å². The number of amides is 1. The summed E-state index contributed by atoms with van der Waals surface area (Å²) in [5.74, 6) is -4.84. The molecule has 48 heavy (non-hydrogen) atoms. The zero-order valence-corrected chi connectivity index (χ0v) is 29.0. The molecule has 5 bridgehead atoms. The number of carbonyl (C=O) groups excluding carboxylic acids is 3. The minimum absolute atomic E-state index is 0.0154. The molecule has 1 amide bonds. The number of phenolic OH excluding ortho intramolecular Hbond substituents is 3. The summed E-state index contributed by atoms with van der Waals surface area (Å²) >= 11 is 0. The van der Waals surface area contributed by atoms with Gasteiger partial charge in [-0.3, -0.25) is 14.4 Å². The molecule has 0 radical (unpaired) electrons. The Bertz CT molecular complexity index is 1690. The van der Waals surface area contributed by atoms with Crippen LogP contribution in [0.2, 0.25) is 0 Å². The van der Waals surface area contributed by atoms with Crippen LogP contribution in [0.1, 0.15) is 77.2 Å². The minimum Gasteiger partial charge on any atom is -0.507 e. The molecule has 3 aliphatic rings. The van der Waals surface area contributed by atoms with Crippen LogP contribution in [0.4, 0.5) is 5.69 Å². The standard InChI is InChI=1S/C37H47NO10/c1-18-11-10-12-20(3)36(44)38-25-17-26(40)28-29(32(25)42)31(41)23(6)34-30(28)35(43)37(8,48-34)46-14-13-27(45-9)22(5)33(47-24(7)39)21(4)16-19(2)15-18/h10-14,17-19,21-22,27,33,40-42H,15-16H2,1-9H3,(H,38,44)/b11-10+,14-13+,20-12-/t18-,19+,21+,22+,27-,33-,37-/m0/s1. The number of ether oxygens (including phenoxy) is 4. The molecule has 3 aliphatic heterocycles. The minimum atomic E-state index is -1.90. The second-order valence-electron chi connectivity index (χ2n) is 13.4. The number of aromatic hydroxyl groups is 3. The van der Waals surface area contributed by atoms with Gasteiger partial charge in [0.15, 0.2) is 5.75 Å². The number of phenols is 3. The van der Waals surface area contributed by atoms with Gasteiger partial charge in [0.1, 0.15) is 23.4 Å². The predicted molar refractivity (Wildman–Crippen MR) is 181 cm³/mol. The maximum atomic E-state index is 13.9. The molecular weight excluding hydrogens is 618 g/mol. The summed E-state index contributed by atoms with van der Waals surface area (Å²) in [6, 6.07) is 1.12. The number of hydrogen-bond acceptors (Lipinski definition) is 10. The average Bonchev–Trinajstić information content (AvgIpc) is 3.27. The molecule has 3 heterocycles. The van der Waals surface area contributed by atoms with Crippen molar-refractivity contribution in [2.75, 3.05) is 12.4 Å². The number of esters is 1. The van der Waals surface area contributed by atoms with Crippen LogP contribution >= 0.6 is 0 Å². The van der Waals surface area contributed by atoms with Crippen LogP contribution < -0.4 is 10.1 Å². The zero-order chi connectivity index (χ0) is 35.7. The van der Waals surface area contributed by atoms with Crippen molar-refractivity contribution in [1.82, 2.24) is 0 Å². The number of rotatable bonds is 2. The third-order valence-electron chi connectivity index (χ3n) is 9.30. The van der Waals surface area contributed by atoms with Gasteiger partial charge in [0.05, 0.1) is 29.0 Å². The van der Waals surface area contributed by atoms with Gasteiger partial charge in [0, 0.05) is 49.5 Å². The first-order valence-electron chi connectivity index (χ1n) is 16.2. The highest BCUT2D eigenvalue weighted by Gasteiger charge is 2.49. The molecule has 0 unspecified atom stereocenters. The van der Waals surface area contributed by atoms with Crippen molar-refractivity contribution >= 4 is 34.1 Å². The van der Waals surface area contributed by atoms with Gasteiger partial charge in [-0.1, -0.05) is 45.9 Å². The Labute approximate surface area is 281 Å². The fraction of sp³-hybridized carbons (Fsp3) is 0.486. The number of ketones is 1. The van der Waals surface area contributed by atoms with E-state index in [1.54, 1.807) is 25.2 Å². The van der Waals surface area contributed by atoms with E-state index < -0.39 is 52.9 Å². The molecule has 0 saturated heterocycles. The number of anilines is 1. The quantitative estimate of drug-likeness (QED) is 0.152. The van der Waals surface area contributed by atoms with Crippen molar-refractivity contribution in [1.29, 1.82) is 0 Å². The van der Waals surface area contributed by atoms with Gasteiger partial charge in [-0.05, 0) is 50.5 Å². The van der Waals surface area contributed by atoms with Crippen LogP contribution in [0.25, 0.3) is 10.8 Å². The zero-order valence-electron chi connectivity index (χ0n) is 29.0. The maximum Gasteiger partial charge on any atom is 0.312 e. The molecule has 2 aromatic rings. The van der Waals surface area contributed by atoms with Gasteiger partial charge in [0.2, 0.25) is 0 Å². The lowest BCUT2D eigenvalue weighted by Crippen LogP contribution is -2.39. The highest BCUT2D eigenvalue weighted by molar-refractivity contribution is 6.21. The third-order valence-corrected chi connectivity index (χ3v) is 9.30. The molecule has 0 aromatic heterocycles. The summed E-state index contributed by atoms with van der Waals surface area (Å²) in [4.78, 5) is 39.2. The van der Waals surface area contributed by atoms with Crippen LogP contribution in [-0.2, 0) is 23.8 Å². The number of hydrogen-bond donors (Lipinski definition) is 4. The molecular formula is C37H47NO10. The molecule has 11 nitrogen and oxygen atoms in total. The molecule has 11 heteroatoms. The molecule has 7 atom stereocenters. The summed E-state index contributed by atoms with van der Waals surface area (Å²) in [6.07, 6.45) is 8.93. The van der Waals surface area contributed by atoms with Gasteiger partial charge in [-0.15, -0.1) is 0 Å². The van der Waals surface area contributed by atoms with Crippen LogP contribution in [0.5, 0.6) is 23.0 Å². The van der Waals surface area contributed by atoms with Crippen LogP contribution in [0.15, 0.2) is 42.2 Å². The topological polar surface area (TPSA) is 161 Å². The van der Waals surface area contributed by atoms with Gasteiger partial charge >= 0.3 is 11.8 Å². The Balaban J connectivity index is 1.83. The number of benzene rings is 2. The predicted octanol–water partition coefficient (Wildman–Crippen LogP) is 6.81. The number of fused-ring (bicyclic) bond motifs is 14. The molecule has 260 valence electrons. The summed E-state index contributed by atoms with van der Waals surface area (Å²) in [6.45, 7) is 14.1. The highest BCUT2D eigenvalue weighted by Crippen LogP contribution is 2.53. The van der Waals surface area contributed by atoms with Crippen LogP contribution in [0.3, 0.4) is 0 Å². The summed E-state index contributed by atoms with van der Waals surface area (Å²) < 4.78 is 23.5. The third kappa shape index (κ3) is 7.16. The molecule has 0 fully saturated rings. The number of nitrogens with one attached hydrogen (secondary N) is 1. The van der Waals surface area contributed by atoms with Crippen molar-refractivity contribution in [2.24, 2.45) is 23.7 Å². The maximum absolute atomic E-state index is 13.9. The van der Waals surface area contributed by atoms with Crippen molar-refractivity contribution in [3.63, 3.8) is 0 Å². The summed E-state index contributed by atoms with van der Waals surface area (Å²) in [7, 11) is 1.53. The van der Waals surface area contributed by atoms with Crippen LogP contribution in [0, 0.1) is 30.6 Å². The molecule has 4 N–H and O–H groups in total. The highest BCUT2D eigenvalue weighted by atomic mass is 16.7. The largest absolute Gasteiger partial charge is 0.507 e. The Morgan fingerprint density at radius 3 is 2.35 bits per heavy atom. The van der Waals surface area contributed by atoms with E-state index in [1.807, 2.05) is 19.9 Å². The van der Waals surface area contributed by atoms with E-state index in [0.29, 0.717) is 5.57 Å². The van der Waals surface area contributed by atoms with E-state index in [4.69, 9.17) is 18.9 Å². The number of methoxy groups -OCH3 is 1. The number of carbonyl (C=O) groups is 3. The fourth-order valence-corrected chi connectivity index (χ4v) is 6.82. The normalized spacial score (nSPS) is 31.0. The summed E-state index contributed by atoms with van der Waals surface area (Å²) in [5, 5.41) is 35.7. The monoisotopic (exact) mass is 665 g/mol. The van der Waals surface area contributed by atoms with Gasteiger partial charge in [-0.25, -0.2) is 0 Å². The first-order chi connectivity index (χ1) is 22.5. The molecule has 5 rings (SSSR count). The van der Waals surface area contributed by atoms with E-state index in [9.17, 15) is 29.7 Å². The number of allylic oxidation sites excluding steroid dienone is 3. The lowest BCUT2D eigenvalue weighted by Gasteiger charge is -2.33. The summed E-state index contributed by atoms with van der Waals surface area (Å²) in [5.41, 5.74) is 0.207. The second kappa shape index (κ2) is 14.3. The molecule has 2 aromatic carbocycles. The number of Topliss-reactive ketones (excluding diaryl/α,β-unsaturated/α-hetero) is 1. The molecule has 0 saturated carbocycles. The Kier molecular flexibility index (Phi) is 10.8. The van der Waals surface area contributed by atoms with E-state index in [0.717, 1.165) is 18.9 Å². The Morgan fingerprint density at radius 1 is 1.02 bits per heavy atom. The first kappa shape index (κ1) is 36.3. The van der Waals surface area contributed by atoms with E-state index in [-0.39, 0.29) is 57.0 Å². The Morgan fingerprint density at radius 2 is 1.71 bits per heavy atom. The van der Waals surface area contributed by atoms with Gasteiger partial charge < -0.3 is 39.6 Å². The van der Waals surface area contributed by atoms with Crippen molar-refractivity contribution < 1.29 is 48.7 Å². The molecule has 0 aliphatic carbocycles. The van der Waals surface area contributed by atoms with Crippen molar-refractivity contribution in [3.05, 3.63) is 53.3 Å². The second-order valence-corrected chi connectivity index (χ2v) is 13.4. The van der Waals surface area contributed by atoms with E-state index in [2.05, 4.69) is 19.2 Å². The smallest absolute Gasteiger partial charge is 0.312 e. The fourth-order valence-electron chi connectivity index (χ4n) is 6.82. The first-order valence-corrected chi connectivity index (χ1v) is 16.2. The lowest BCUT2D eigenvalue weighted by atomic mass is 9.82. The van der Waals surface area contributed by atoms with E-state index in [1.165, 1.54) is 34.1 Å². The van der Waals surface area contributed by atoms with Crippen LogP contribution in [-0.4, -0.2) is 58.1 Å².